The van der Waals surface area contributed by atoms with Gasteiger partial charge in [-0.3, -0.25) is 9.59 Å². The van der Waals surface area contributed by atoms with Crippen molar-refractivity contribution in [2.75, 3.05) is 7.11 Å². The summed E-state index contributed by atoms with van der Waals surface area (Å²) in [7, 11) is 1.38. The summed E-state index contributed by atoms with van der Waals surface area (Å²) in [6.45, 7) is 2.25. The molecule has 0 saturated heterocycles. The number of ketones is 1. The van der Waals surface area contributed by atoms with Crippen LogP contribution in [0.4, 0.5) is 0 Å². The average molecular weight is 321 g/mol. The Morgan fingerprint density at radius 1 is 1.04 bits per heavy atom. The Morgan fingerprint density at radius 2 is 1.79 bits per heavy atom. The second kappa shape index (κ2) is 6.71. The fraction of sp³-hybridized carbons (Fsp3) is 0.200. The normalized spacial score (nSPS) is 10.8. The monoisotopic (exact) mass is 321 g/mol. The van der Waals surface area contributed by atoms with Gasteiger partial charge in [-0.1, -0.05) is 42.5 Å². The molecule has 4 heteroatoms. The van der Waals surface area contributed by atoms with Crippen LogP contribution in [0.15, 0.2) is 54.7 Å². The number of aromatic nitrogens is 1. The summed E-state index contributed by atoms with van der Waals surface area (Å²) in [4.78, 5) is 23.5. The molecule has 0 unspecified atom stereocenters. The fourth-order valence-corrected chi connectivity index (χ4v) is 2.88. The van der Waals surface area contributed by atoms with Gasteiger partial charge in [-0.25, -0.2) is 0 Å². The highest BCUT2D eigenvalue weighted by Gasteiger charge is 2.14. The Balaban J connectivity index is 2.07. The van der Waals surface area contributed by atoms with Crippen LogP contribution in [-0.2, 0) is 22.5 Å². The summed E-state index contributed by atoms with van der Waals surface area (Å²) in [6, 6.07) is 15.8. The number of methoxy groups -OCH3 is 1. The van der Waals surface area contributed by atoms with E-state index in [0.717, 1.165) is 22.0 Å². The van der Waals surface area contributed by atoms with Crippen LogP contribution < -0.4 is 0 Å². The molecular formula is C20H19NO3. The quantitative estimate of drug-likeness (QED) is 0.533. The zero-order valence-electron chi connectivity index (χ0n) is 13.8. The van der Waals surface area contributed by atoms with Gasteiger partial charge in [-0.05, 0) is 24.1 Å². The van der Waals surface area contributed by atoms with E-state index in [-0.39, 0.29) is 18.2 Å². The van der Waals surface area contributed by atoms with Crippen molar-refractivity contribution in [3.8, 4) is 0 Å². The fourth-order valence-electron chi connectivity index (χ4n) is 2.88. The van der Waals surface area contributed by atoms with Gasteiger partial charge < -0.3 is 9.30 Å². The maximum absolute atomic E-state index is 11.9. The number of rotatable bonds is 5. The molecule has 1 heterocycles. The lowest BCUT2D eigenvalue weighted by molar-refractivity contribution is -0.139. The van der Waals surface area contributed by atoms with Crippen molar-refractivity contribution in [3.05, 3.63) is 71.4 Å². The first-order valence-corrected chi connectivity index (χ1v) is 7.82. The molecule has 0 radical (unpaired) electrons. The number of Topliss-reactive ketones (excluding diaryl/α,β-unsaturated/α-hetero) is 1. The van der Waals surface area contributed by atoms with E-state index < -0.39 is 0 Å². The van der Waals surface area contributed by atoms with Crippen molar-refractivity contribution in [3.63, 3.8) is 0 Å². The molecule has 122 valence electrons. The van der Waals surface area contributed by atoms with E-state index in [2.05, 4.69) is 16.7 Å². The van der Waals surface area contributed by atoms with Crippen LogP contribution in [0.3, 0.4) is 0 Å². The molecule has 1 aromatic heterocycles. The van der Waals surface area contributed by atoms with Crippen LogP contribution in [0.1, 0.15) is 28.4 Å². The summed E-state index contributed by atoms with van der Waals surface area (Å²) in [6.07, 6.45) is 2.11. The Kier molecular flexibility index (Phi) is 4.47. The summed E-state index contributed by atoms with van der Waals surface area (Å²) in [5.74, 6) is -0.241. The summed E-state index contributed by atoms with van der Waals surface area (Å²) in [5.41, 5.74) is 3.68. The van der Waals surface area contributed by atoms with Crippen LogP contribution in [-0.4, -0.2) is 23.4 Å². The van der Waals surface area contributed by atoms with E-state index >= 15 is 0 Å². The minimum Gasteiger partial charge on any atom is -0.469 e. The number of ether oxygens (including phenoxy) is 1. The number of fused-ring (bicyclic) bond motifs is 1. The number of hydrogen-bond acceptors (Lipinski definition) is 3. The van der Waals surface area contributed by atoms with E-state index in [9.17, 15) is 9.59 Å². The van der Waals surface area contributed by atoms with Gasteiger partial charge in [0.2, 0.25) is 0 Å². The van der Waals surface area contributed by atoms with Crippen molar-refractivity contribution in [1.29, 1.82) is 0 Å². The van der Waals surface area contributed by atoms with Gasteiger partial charge in [0.15, 0.2) is 5.78 Å². The number of esters is 1. The lowest BCUT2D eigenvalue weighted by atomic mass is 10.1. The number of benzene rings is 2. The van der Waals surface area contributed by atoms with Crippen molar-refractivity contribution in [2.24, 2.45) is 0 Å². The molecule has 0 atom stereocenters. The van der Waals surface area contributed by atoms with Crippen LogP contribution in [0.25, 0.3) is 10.9 Å². The Labute approximate surface area is 140 Å². The molecule has 0 amide bonds. The number of nitrogens with zero attached hydrogens (tertiary/aromatic N) is 1. The van der Waals surface area contributed by atoms with Crippen molar-refractivity contribution < 1.29 is 14.3 Å². The molecule has 0 spiro atoms. The molecule has 0 saturated carbocycles. The Morgan fingerprint density at radius 3 is 2.46 bits per heavy atom. The van der Waals surface area contributed by atoms with Gasteiger partial charge in [0.05, 0.1) is 13.5 Å². The maximum atomic E-state index is 11.9. The zero-order chi connectivity index (χ0) is 17.1. The third kappa shape index (κ3) is 3.23. The van der Waals surface area contributed by atoms with Gasteiger partial charge in [0.1, 0.15) is 0 Å². The number of carbonyl (C=O) groups excluding carboxylic acids is 2. The highest BCUT2D eigenvalue weighted by atomic mass is 16.5. The van der Waals surface area contributed by atoms with E-state index in [4.69, 9.17) is 4.74 Å². The van der Waals surface area contributed by atoms with E-state index in [1.807, 2.05) is 42.6 Å². The van der Waals surface area contributed by atoms with Crippen LogP contribution in [0, 0.1) is 0 Å². The predicted molar refractivity (Wildman–Crippen MR) is 93.2 cm³/mol. The summed E-state index contributed by atoms with van der Waals surface area (Å²) >= 11 is 0. The van der Waals surface area contributed by atoms with Gasteiger partial charge >= 0.3 is 5.97 Å². The maximum Gasteiger partial charge on any atom is 0.309 e. The molecule has 24 heavy (non-hydrogen) atoms. The lowest BCUT2D eigenvalue weighted by Gasteiger charge is -2.07. The van der Waals surface area contributed by atoms with E-state index in [1.54, 1.807) is 6.92 Å². The second-order valence-corrected chi connectivity index (χ2v) is 5.82. The molecule has 0 aliphatic heterocycles. The Hall–Kier alpha value is -2.88. The SMILES string of the molecule is COC(=O)Cc1ccc2c(C(C)=O)cn(Cc3ccccc3)c2c1. The molecule has 3 aromatic rings. The lowest BCUT2D eigenvalue weighted by Crippen LogP contribution is -2.04. The topological polar surface area (TPSA) is 48.3 Å². The van der Waals surface area contributed by atoms with Gasteiger partial charge in [0, 0.05) is 29.2 Å². The second-order valence-electron chi connectivity index (χ2n) is 5.82. The first kappa shape index (κ1) is 16.0. The van der Waals surface area contributed by atoms with Crippen molar-refractivity contribution >= 4 is 22.7 Å². The van der Waals surface area contributed by atoms with Crippen molar-refractivity contribution in [1.82, 2.24) is 4.57 Å². The number of hydrogen-bond donors (Lipinski definition) is 0. The van der Waals surface area contributed by atoms with Gasteiger partial charge in [0.25, 0.3) is 0 Å². The highest BCUT2D eigenvalue weighted by Crippen LogP contribution is 2.25. The van der Waals surface area contributed by atoms with Gasteiger partial charge in [-0.15, -0.1) is 0 Å². The summed E-state index contributed by atoms with van der Waals surface area (Å²) < 4.78 is 6.79. The molecule has 0 aliphatic rings. The molecule has 0 aliphatic carbocycles. The van der Waals surface area contributed by atoms with Crippen LogP contribution >= 0.6 is 0 Å². The smallest absolute Gasteiger partial charge is 0.309 e. The molecule has 0 bridgehead atoms. The largest absolute Gasteiger partial charge is 0.469 e. The van der Waals surface area contributed by atoms with Crippen molar-refractivity contribution in [2.45, 2.75) is 19.9 Å². The molecule has 0 fully saturated rings. The minimum absolute atomic E-state index is 0.0347. The molecule has 4 nitrogen and oxygen atoms in total. The zero-order valence-corrected chi connectivity index (χ0v) is 13.8. The number of carbonyl (C=O) groups is 2. The third-order valence-electron chi connectivity index (χ3n) is 4.10. The molecule has 3 rings (SSSR count). The first-order chi connectivity index (χ1) is 11.6. The van der Waals surface area contributed by atoms with E-state index in [0.29, 0.717) is 12.1 Å². The molecule has 2 aromatic carbocycles. The third-order valence-corrected chi connectivity index (χ3v) is 4.10. The molecular weight excluding hydrogens is 302 g/mol. The van der Waals surface area contributed by atoms with Crippen LogP contribution in [0.2, 0.25) is 0 Å². The highest BCUT2D eigenvalue weighted by molar-refractivity contribution is 6.07. The minimum atomic E-state index is -0.276. The standard InChI is InChI=1S/C20H19NO3/c1-14(22)18-13-21(12-15-6-4-3-5-7-15)19-10-16(8-9-17(18)19)11-20(23)24-2/h3-10,13H,11-12H2,1-2H3. The van der Waals surface area contributed by atoms with E-state index in [1.165, 1.54) is 7.11 Å². The molecule has 0 N–H and O–H groups in total. The Bertz CT molecular complexity index is 894. The van der Waals surface area contributed by atoms with Crippen LogP contribution in [0.5, 0.6) is 0 Å². The van der Waals surface area contributed by atoms with Gasteiger partial charge in [-0.2, -0.15) is 0 Å². The predicted octanol–water partition coefficient (Wildman–Crippen LogP) is 3.61. The average Bonchev–Trinajstić information content (AvgIpc) is 2.94. The summed E-state index contributed by atoms with van der Waals surface area (Å²) in [5, 5.41) is 0.909. The first-order valence-electron chi connectivity index (χ1n) is 7.82.